The highest BCUT2D eigenvalue weighted by atomic mass is 19.1. The second-order valence-corrected chi connectivity index (χ2v) is 12.0. The fourth-order valence-corrected chi connectivity index (χ4v) is 6.23. The maximum absolute atomic E-state index is 16.7. The first kappa shape index (κ1) is 30.7. The predicted octanol–water partition coefficient (Wildman–Crippen LogP) is 4.61. The molecule has 1 aliphatic heterocycles. The lowest BCUT2D eigenvalue weighted by molar-refractivity contribution is -0.120. The minimum atomic E-state index is -0.526. The van der Waals surface area contributed by atoms with Gasteiger partial charge in [0.15, 0.2) is 17.1 Å². The van der Waals surface area contributed by atoms with E-state index in [9.17, 15) is 14.0 Å². The minimum Gasteiger partial charge on any atom is -0.355 e. The lowest BCUT2D eigenvalue weighted by Crippen LogP contribution is -2.42. The molecule has 2 aromatic carbocycles. The van der Waals surface area contributed by atoms with Gasteiger partial charge in [0.1, 0.15) is 29.2 Å². The Kier molecular flexibility index (Phi) is 7.47. The van der Waals surface area contributed by atoms with Crippen LogP contribution in [0.3, 0.4) is 0 Å². The normalized spacial score (nSPS) is 14.7. The molecule has 1 aliphatic rings. The molecule has 2 N–H and O–H groups in total. The number of rotatable bonds is 7. The Labute approximate surface area is 282 Å². The minimum absolute atomic E-state index is 0.0916. The van der Waals surface area contributed by atoms with Crippen molar-refractivity contribution in [3.63, 3.8) is 0 Å². The van der Waals surface area contributed by atoms with Crippen LogP contribution in [-0.2, 0) is 17.6 Å². The molecule has 7 aromatic rings. The quantitative estimate of drug-likeness (QED) is 0.251. The van der Waals surface area contributed by atoms with E-state index in [2.05, 4.69) is 25.3 Å². The van der Waals surface area contributed by atoms with Gasteiger partial charge in [-0.05, 0) is 30.2 Å². The van der Waals surface area contributed by atoms with Crippen molar-refractivity contribution < 1.29 is 13.6 Å². The fourth-order valence-electron chi connectivity index (χ4n) is 6.23. The first-order chi connectivity index (χ1) is 24.2. The number of carbonyl (C=O) groups is 1. The predicted molar refractivity (Wildman–Crippen MR) is 180 cm³/mol. The molecule has 50 heavy (non-hydrogen) atoms. The number of nitrogens with zero attached hydrogens (tertiary/aromatic N) is 8. The van der Waals surface area contributed by atoms with Gasteiger partial charge in [0.2, 0.25) is 5.91 Å². The molecule has 0 bridgehead atoms. The summed E-state index contributed by atoms with van der Waals surface area (Å²) in [7, 11) is 1.85. The van der Waals surface area contributed by atoms with Gasteiger partial charge in [0.25, 0.3) is 5.56 Å². The van der Waals surface area contributed by atoms with E-state index >= 15 is 4.39 Å². The van der Waals surface area contributed by atoms with Gasteiger partial charge in [-0.15, -0.1) is 0 Å². The maximum atomic E-state index is 16.7. The van der Waals surface area contributed by atoms with Crippen LogP contribution in [0.4, 0.5) is 8.78 Å². The standard InChI is InChI=1S/C36H28F2N10O2/c1-20-17-46(2)35(45-36(20)50)28-18-47-13-12-40-33(47)25(43-28)15-22-7-5-8-23(31(22)38)29-16-41-34-26(14-21-6-3-4-9-24(21)37)42-27(19-48(29)34)32-39-11-10-30(49)44-32/h3-13,16-19,35H,14-15H2,1-2H3,(H,45,50)(H,39,44,49). The van der Waals surface area contributed by atoms with Crippen molar-refractivity contribution >= 4 is 17.2 Å². The number of imidazole rings is 2. The average molecular weight is 671 g/mol. The van der Waals surface area contributed by atoms with Crippen molar-refractivity contribution in [3.8, 4) is 22.8 Å². The molecule has 1 atom stereocenters. The van der Waals surface area contributed by atoms with E-state index in [1.165, 1.54) is 24.5 Å². The summed E-state index contributed by atoms with van der Waals surface area (Å²) in [5.41, 5.74) is 4.39. The summed E-state index contributed by atoms with van der Waals surface area (Å²) >= 11 is 0. The van der Waals surface area contributed by atoms with Crippen molar-refractivity contribution in [2.45, 2.75) is 25.9 Å². The van der Waals surface area contributed by atoms with Crippen LogP contribution in [0, 0.1) is 11.6 Å². The number of fused-ring (bicyclic) bond motifs is 2. The van der Waals surface area contributed by atoms with Crippen molar-refractivity contribution in [1.82, 2.24) is 48.9 Å². The van der Waals surface area contributed by atoms with Crippen LogP contribution in [0.1, 0.15) is 41.3 Å². The Balaban J connectivity index is 1.22. The molecule has 0 aliphatic carbocycles. The average Bonchev–Trinajstić information content (AvgIpc) is 3.76. The van der Waals surface area contributed by atoms with Crippen molar-refractivity contribution in [2.24, 2.45) is 0 Å². The van der Waals surface area contributed by atoms with Crippen molar-refractivity contribution in [2.75, 3.05) is 7.05 Å². The number of benzene rings is 2. The molecule has 0 spiro atoms. The van der Waals surface area contributed by atoms with Crippen molar-refractivity contribution in [3.05, 3.63) is 148 Å². The number of nitrogens with one attached hydrogen (secondary N) is 2. The third-order valence-corrected chi connectivity index (χ3v) is 8.68. The lowest BCUT2D eigenvalue weighted by atomic mass is 10.0. The summed E-state index contributed by atoms with van der Waals surface area (Å²) in [6, 6.07) is 12.7. The second-order valence-electron chi connectivity index (χ2n) is 12.0. The first-order valence-electron chi connectivity index (χ1n) is 15.7. The van der Waals surface area contributed by atoms with Crippen LogP contribution in [-0.4, -0.2) is 56.6 Å². The number of aromatic nitrogens is 8. The summed E-state index contributed by atoms with van der Waals surface area (Å²) in [6.45, 7) is 1.74. The number of aromatic amines is 1. The fraction of sp³-hybridized carbons (Fsp3) is 0.139. The molecule has 0 saturated carbocycles. The second kappa shape index (κ2) is 12.1. The van der Waals surface area contributed by atoms with Gasteiger partial charge in [-0.1, -0.05) is 30.3 Å². The molecule has 5 aromatic heterocycles. The monoisotopic (exact) mass is 670 g/mol. The largest absolute Gasteiger partial charge is 0.355 e. The summed E-state index contributed by atoms with van der Waals surface area (Å²) in [6.07, 6.45) is 11.2. The first-order valence-corrected chi connectivity index (χ1v) is 15.7. The van der Waals surface area contributed by atoms with E-state index < -0.39 is 17.8 Å². The lowest BCUT2D eigenvalue weighted by Gasteiger charge is -2.32. The number of halogens is 2. The molecule has 0 fully saturated rings. The highest BCUT2D eigenvalue weighted by Gasteiger charge is 2.27. The van der Waals surface area contributed by atoms with Crippen molar-refractivity contribution in [1.29, 1.82) is 0 Å². The molecular weight excluding hydrogens is 642 g/mol. The van der Waals surface area contributed by atoms with E-state index in [-0.39, 0.29) is 35.7 Å². The Hall–Kier alpha value is -6.57. The summed E-state index contributed by atoms with van der Waals surface area (Å²) in [5, 5.41) is 2.97. The maximum Gasteiger partial charge on any atom is 0.251 e. The molecule has 8 rings (SSSR count). The van der Waals surface area contributed by atoms with Crippen LogP contribution in [0.5, 0.6) is 0 Å². The Morgan fingerprint density at radius 2 is 1.66 bits per heavy atom. The Morgan fingerprint density at radius 1 is 0.860 bits per heavy atom. The number of H-pyrrole nitrogens is 1. The van der Waals surface area contributed by atoms with E-state index in [1.54, 1.807) is 78.7 Å². The highest BCUT2D eigenvalue weighted by Crippen LogP contribution is 2.31. The third kappa shape index (κ3) is 5.45. The molecule has 14 heteroatoms. The third-order valence-electron chi connectivity index (χ3n) is 8.68. The van der Waals surface area contributed by atoms with Crippen LogP contribution in [0.15, 0.2) is 102 Å². The zero-order valence-corrected chi connectivity index (χ0v) is 26.8. The summed E-state index contributed by atoms with van der Waals surface area (Å²) in [4.78, 5) is 52.1. The molecule has 6 heterocycles. The molecule has 0 saturated heterocycles. The molecule has 12 nitrogen and oxygen atoms in total. The Morgan fingerprint density at radius 3 is 2.50 bits per heavy atom. The van der Waals surface area contributed by atoms with Gasteiger partial charge in [-0.25, -0.2) is 33.7 Å². The van der Waals surface area contributed by atoms with Crippen LogP contribution in [0.2, 0.25) is 0 Å². The van der Waals surface area contributed by atoms with E-state index in [4.69, 9.17) is 9.97 Å². The van der Waals surface area contributed by atoms with Gasteiger partial charge < -0.3 is 19.6 Å². The zero-order chi connectivity index (χ0) is 34.5. The van der Waals surface area contributed by atoms with E-state index in [1.807, 2.05) is 16.3 Å². The van der Waals surface area contributed by atoms with Gasteiger partial charge >= 0.3 is 0 Å². The van der Waals surface area contributed by atoms with E-state index in [0.717, 1.165) is 0 Å². The van der Waals surface area contributed by atoms with Crippen LogP contribution < -0.4 is 10.9 Å². The summed E-state index contributed by atoms with van der Waals surface area (Å²) < 4.78 is 34.9. The molecule has 248 valence electrons. The number of amides is 1. The topological polar surface area (TPSA) is 138 Å². The number of hydrogen-bond acceptors (Lipinski definition) is 8. The van der Waals surface area contributed by atoms with Gasteiger partial charge in [0.05, 0.1) is 23.3 Å². The molecule has 0 radical (unpaired) electrons. The number of hydrogen-bond donors (Lipinski definition) is 2. The highest BCUT2D eigenvalue weighted by molar-refractivity contribution is 5.93. The zero-order valence-electron chi connectivity index (χ0n) is 26.8. The smallest absolute Gasteiger partial charge is 0.251 e. The Bertz CT molecular complexity index is 2550. The number of carbonyl (C=O) groups excluding carboxylic acids is 1. The molecular formula is C36H28F2N10O2. The van der Waals surface area contributed by atoms with Crippen LogP contribution in [0.25, 0.3) is 34.1 Å². The van der Waals surface area contributed by atoms with Gasteiger partial charge in [-0.2, -0.15) is 0 Å². The molecule has 1 amide bonds. The SMILES string of the molecule is CC1=CN(C)C(c2cn3ccnc3c(Cc3cccc(-c4cnc5c(Cc6ccccc6F)nc(-c6nccc(=O)[nH]6)cn45)c3F)n2)NC1=O. The molecule has 1 unspecified atom stereocenters. The van der Waals surface area contributed by atoms with Gasteiger partial charge in [0, 0.05) is 74.3 Å². The van der Waals surface area contributed by atoms with Crippen LogP contribution >= 0.6 is 0 Å². The summed E-state index contributed by atoms with van der Waals surface area (Å²) in [5.74, 6) is -0.891. The van der Waals surface area contributed by atoms with Gasteiger partial charge in [-0.3, -0.25) is 14.0 Å². The van der Waals surface area contributed by atoms with E-state index in [0.29, 0.717) is 56.5 Å².